The minimum absolute atomic E-state index is 0.0849. The first-order valence-electron chi connectivity index (χ1n) is 10.0. The molecule has 32 heavy (non-hydrogen) atoms. The number of carbonyl (C=O) groups excluding carboxylic acids is 1. The third-order valence-electron chi connectivity index (χ3n) is 5.42. The first-order chi connectivity index (χ1) is 15.0. The van der Waals surface area contributed by atoms with Crippen molar-refractivity contribution >= 4 is 48.9 Å². The Labute approximate surface area is 194 Å². The Balaban J connectivity index is 1.69. The molecule has 0 saturated carbocycles. The second kappa shape index (κ2) is 9.78. The van der Waals surface area contributed by atoms with Crippen LogP contribution in [-0.2, 0) is 30.6 Å². The molecule has 0 radical (unpaired) electrons. The lowest BCUT2D eigenvalue weighted by Gasteiger charge is -2.31. The first-order valence-corrected chi connectivity index (χ1v) is 13.9. The van der Waals surface area contributed by atoms with Crippen LogP contribution < -0.4 is 9.62 Å². The topological polar surface area (TPSA) is 104 Å². The molecule has 1 heterocycles. The summed E-state index contributed by atoms with van der Waals surface area (Å²) in [7, 11) is -5.64. The zero-order valence-electron chi connectivity index (χ0n) is 17.9. The molecule has 1 aliphatic heterocycles. The van der Waals surface area contributed by atoms with E-state index in [-0.39, 0.29) is 18.2 Å². The molecule has 8 nitrogen and oxygen atoms in total. The molecule has 1 aliphatic rings. The fourth-order valence-electron chi connectivity index (χ4n) is 3.53. The van der Waals surface area contributed by atoms with Crippen molar-refractivity contribution in [2.75, 3.05) is 36.0 Å². The van der Waals surface area contributed by atoms with E-state index in [9.17, 15) is 21.6 Å². The molecule has 2 aromatic carbocycles. The van der Waals surface area contributed by atoms with E-state index in [0.29, 0.717) is 41.3 Å². The Morgan fingerprint density at radius 1 is 1.16 bits per heavy atom. The summed E-state index contributed by atoms with van der Waals surface area (Å²) >= 11 is 6.11. The molecule has 1 fully saturated rings. The highest BCUT2D eigenvalue weighted by atomic mass is 35.5. The minimum Gasteiger partial charge on any atom is -0.326 e. The Kier molecular flexibility index (Phi) is 7.49. The Morgan fingerprint density at radius 2 is 1.88 bits per heavy atom. The van der Waals surface area contributed by atoms with Crippen LogP contribution in [0.5, 0.6) is 0 Å². The number of benzene rings is 2. The van der Waals surface area contributed by atoms with Crippen LogP contribution in [0.1, 0.15) is 18.4 Å². The van der Waals surface area contributed by atoms with Crippen LogP contribution in [0.25, 0.3) is 0 Å². The van der Waals surface area contributed by atoms with Crippen LogP contribution in [0, 0.1) is 5.92 Å². The van der Waals surface area contributed by atoms with Gasteiger partial charge in [-0.1, -0.05) is 35.9 Å². The molecule has 1 N–H and O–H groups in total. The van der Waals surface area contributed by atoms with E-state index in [2.05, 4.69) is 5.32 Å². The summed E-state index contributed by atoms with van der Waals surface area (Å²) in [6.45, 7) is 0.437. The van der Waals surface area contributed by atoms with Gasteiger partial charge in [-0.3, -0.25) is 9.10 Å². The van der Waals surface area contributed by atoms with Crippen molar-refractivity contribution in [3.8, 4) is 0 Å². The fraction of sp³-hybridized carbons (Fsp3) is 0.381. The SMILES string of the molecule is CN(c1cccc(NC(=O)[C@@H]2CCCN(S(=O)(=O)Cc3ccccc3Cl)C2)c1)S(C)(=O)=O. The van der Waals surface area contributed by atoms with Gasteiger partial charge in [0, 0.05) is 30.8 Å². The van der Waals surface area contributed by atoms with Gasteiger partial charge >= 0.3 is 0 Å². The first kappa shape index (κ1) is 24.5. The highest BCUT2D eigenvalue weighted by Gasteiger charge is 2.32. The molecular weight excluding hydrogens is 474 g/mol. The van der Waals surface area contributed by atoms with Gasteiger partial charge in [0.15, 0.2) is 0 Å². The highest BCUT2D eigenvalue weighted by molar-refractivity contribution is 7.92. The quantitative estimate of drug-likeness (QED) is 0.630. The van der Waals surface area contributed by atoms with Gasteiger partial charge in [-0.05, 0) is 42.7 Å². The molecule has 0 aliphatic carbocycles. The molecule has 1 atom stereocenters. The third kappa shape index (κ3) is 6.00. The molecule has 0 unspecified atom stereocenters. The maximum atomic E-state index is 12.9. The fourth-order valence-corrected chi connectivity index (χ4v) is 5.95. The van der Waals surface area contributed by atoms with E-state index < -0.39 is 26.0 Å². The van der Waals surface area contributed by atoms with Crippen LogP contribution in [0.2, 0.25) is 5.02 Å². The zero-order chi connectivity index (χ0) is 23.5. The molecule has 3 rings (SSSR count). The highest BCUT2D eigenvalue weighted by Crippen LogP contribution is 2.26. The van der Waals surface area contributed by atoms with Crippen LogP contribution in [-0.4, -0.2) is 53.4 Å². The average molecular weight is 500 g/mol. The molecule has 11 heteroatoms. The lowest BCUT2D eigenvalue weighted by molar-refractivity contribution is -0.120. The van der Waals surface area contributed by atoms with Gasteiger partial charge in [0.25, 0.3) is 0 Å². The number of piperidine rings is 1. The summed E-state index contributed by atoms with van der Waals surface area (Å²) in [6, 6.07) is 13.3. The van der Waals surface area contributed by atoms with E-state index in [1.165, 1.54) is 11.4 Å². The van der Waals surface area contributed by atoms with Gasteiger partial charge < -0.3 is 5.32 Å². The summed E-state index contributed by atoms with van der Waals surface area (Å²) in [5.74, 6) is -1.04. The molecule has 1 saturated heterocycles. The van der Waals surface area contributed by atoms with Gasteiger partial charge in [-0.15, -0.1) is 0 Å². The Hall–Kier alpha value is -2.14. The van der Waals surface area contributed by atoms with Crippen molar-refractivity contribution in [2.45, 2.75) is 18.6 Å². The third-order valence-corrected chi connectivity index (χ3v) is 8.79. The predicted molar refractivity (Wildman–Crippen MR) is 127 cm³/mol. The van der Waals surface area contributed by atoms with Gasteiger partial charge in [0.05, 0.1) is 23.6 Å². The number of amides is 1. The van der Waals surface area contributed by atoms with Crippen molar-refractivity contribution in [1.29, 1.82) is 0 Å². The number of sulfonamides is 2. The molecule has 0 bridgehead atoms. The maximum Gasteiger partial charge on any atom is 0.231 e. The lowest BCUT2D eigenvalue weighted by Crippen LogP contribution is -2.44. The van der Waals surface area contributed by atoms with E-state index in [1.807, 2.05) is 0 Å². The summed E-state index contributed by atoms with van der Waals surface area (Å²) < 4.78 is 51.8. The van der Waals surface area contributed by atoms with Crippen LogP contribution in [0.4, 0.5) is 11.4 Å². The standard InChI is InChI=1S/C21H26ClN3O5S2/c1-24(31(2,27)28)19-10-5-9-18(13-19)23-21(26)16-8-6-12-25(14-16)32(29,30)15-17-7-3-4-11-20(17)22/h3-5,7,9-11,13,16H,6,8,12,14-15H2,1-2H3,(H,23,26)/t16-/m1/s1. The molecule has 0 spiro atoms. The van der Waals surface area contributed by atoms with E-state index in [1.54, 1.807) is 48.5 Å². The Bertz CT molecular complexity index is 1200. The van der Waals surface area contributed by atoms with Gasteiger partial charge in [-0.2, -0.15) is 0 Å². The number of halogens is 1. The predicted octanol–water partition coefficient (Wildman–Crippen LogP) is 2.92. The van der Waals surface area contributed by atoms with Crippen molar-refractivity contribution < 1.29 is 21.6 Å². The normalized spacial score (nSPS) is 17.7. The minimum atomic E-state index is -3.64. The van der Waals surface area contributed by atoms with Crippen LogP contribution >= 0.6 is 11.6 Å². The van der Waals surface area contributed by atoms with E-state index >= 15 is 0 Å². The van der Waals surface area contributed by atoms with Crippen molar-refractivity contribution in [3.05, 3.63) is 59.1 Å². The largest absolute Gasteiger partial charge is 0.326 e. The van der Waals surface area contributed by atoms with Crippen LogP contribution in [0.15, 0.2) is 48.5 Å². The van der Waals surface area contributed by atoms with E-state index in [0.717, 1.165) is 10.6 Å². The number of anilines is 2. The zero-order valence-corrected chi connectivity index (χ0v) is 20.3. The molecule has 2 aromatic rings. The maximum absolute atomic E-state index is 12.9. The number of carbonyl (C=O) groups is 1. The number of rotatable bonds is 7. The van der Waals surface area contributed by atoms with Gasteiger partial charge in [-0.25, -0.2) is 21.1 Å². The second-order valence-electron chi connectivity index (χ2n) is 7.81. The molecule has 0 aromatic heterocycles. The summed E-state index contributed by atoms with van der Waals surface area (Å²) in [5.41, 5.74) is 1.38. The smallest absolute Gasteiger partial charge is 0.231 e. The van der Waals surface area contributed by atoms with Gasteiger partial charge in [0.1, 0.15) is 0 Å². The number of nitrogens with zero attached hydrogens (tertiary/aromatic N) is 2. The number of nitrogens with one attached hydrogen (secondary N) is 1. The van der Waals surface area contributed by atoms with Crippen molar-refractivity contribution in [3.63, 3.8) is 0 Å². The summed E-state index contributed by atoms with van der Waals surface area (Å²) in [5, 5.41) is 3.18. The monoisotopic (exact) mass is 499 g/mol. The summed E-state index contributed by atoms with van der Waals surface area (Å²) in [4.78, 5) is 12.8. The van der Waals surface area contributed by atoms with Crippen molar-refractivity contribution in [2.24, 2.45) is 5.92 Å². The lowest BCUT2D eigenvalue weighted by atomic mass is 9.98. The number of hydrogen-bond donors (Lipinski definition) is 1. The molecule has 1 amide bonds. The molecular formula is C21H26ClN3O5S2. The summed E-state index contributed by atoms with van der Waals surface area (Å²) in [6.07, 6.45) is 2.22. The second-order valence-corrected chi connectivity index (χ2v) is 12.2. The van der Waals surface area contributed by atoms with Crippen LogP contribution in [0.3, 0.4) is 0 Å². The molecule has 174 valence electrons. The van der Waals surface area contributed by atoms with E-state index in [4.69, 9.17) is 11.6 Å². The van der Waals surface area contributed by atoms with Crippen molar-refractivity contribution in [1.82, 2.24) is 4.31 Å². The van der Waals surface area contributed by atoms with Gasteiger partial charge in [0.2, 0.25) is 26.0 Å². The Morgan fingerprint density at radius 3 is 2.56 bits per heavy atom. The average Bonchev–Trinajstić information content (AvgIpc) is 2.74. The number of hydrogen-bond acceptors (Lipinski definition) is 5.